The molecule has 8 nitrogen and oxygen atoms in total. The van der Waals surface area contributed by atoms with E-state index in [0.29, 0.717) is 0 Å². The van der Waals surface area contributed by atoms with Crippen molar-refractivity contribution in [1.29, 1.82) is 0 Å². The first kappa shape index (κ1) is 20.5. The van der Waals surface area contributed by atoms with E-state index in [9.17, 15) is 23.1 Å². The summed E-state index contributed by atoms with van der Waals surface area (Å²) in [6.07, 6.45) is 1.46. The van der Waals surface area contributed by atoms with Gasteiger partial charge in [0.05, 0.1) is 23.3 Å². The fourth-order valence-corrected chi connectivity index (χ4v) is 3.80. The van der Waals surface area contributed by atoms with Crippen LogP contribution in [0.15, 0.2) is 47.5 Å². The van der Waals surface area contributed by atoms with Crippen molar-refractivity contribution in [1.82, 2.24) is 9.29 Å². The molecule has 0 aliphatic carbocycles. The molecule has 144 valence electrons. The second kappa shape index (κ2) is 8.74. The smallest absolute Gasteiger partial charge is 0.337 e. The van der Waals surface area contributed by atoms with E-state index in [1.165, 1.54) is 37.6 Å². The molecule has 0 aliphatic rings. The third-order valence-corrected chi connectivity index (χ3v) is 5.77. The minimum absolute atomic E-state index is 0.0109. The van der Waals surface area contributed by atoms with Gasteiger partial charge in [-0.05, 0) is 31.2 Å². The number of hydrogen-bond donors (Lipinski definition) is 1. The Bertz CT molecular complexity index is 925. The summed E-state index contributed by atoms with van der Waals surface area (Å²) in [5.41, 5.74) is 1.12. The zero-order valence-electron chi connectivity index (χ0n) is 15.0. The maximum atomic E-state index is 12.9. The van der Waals surface area contributed by atoms with Gasteiger partial charge in [-0.1, -0.05) is 17.7 Å². The van der Waals surface area contributed by atoms with E-state index >= 15 is 0 Å². The Hall–Kier alpha value is -2.78. The Kier molecular flexibility index (Phi) is 6.65. The molecular formula is C18H20N2O6S. The summed E-state index contributed by atoms with van der Waals surface area (Å²) >= 11 is 0. The number of pyridine rings is 1. The second-order valence-electron chi connectivity index (χ2n) is 5.78. The third kappa shape index (κ3) is 5.11. The van der Waals surface area contributed by atoms with E-state index in [0.717, 1.165) is 9.87 Å². The predicted molar refractivity (Wildman–Crippen MR) is 96.9 cm³/mol. The maximum Gasteiger partial charge on any atom is 0.337 e. The first-order chi connectivity index (χ1) is 12.8. The van der Waals surface area contributed by atoms with Crippen molar-refractivity contribution in [2.45, 2.75) is 18.2 Å². The molecule has 2 rings (SSSR count). The van der Waals surface area contributed by atoms with Crippen molar-refractivity contribution in [3.8, 4) is 0 Å². The van der Waals surface area contributed by atoms with Crippen LogP contribution in [0.25, 0.3) is 0 Å². The molecular weight excluding hydrogens is 372 g/mol. The lowest BCUT2D eigenvalue weighted by atomic mass is 10.1. The van der Waals surface area contributed by atoms with E-state index in [-0.39, 0.29) is 29.1 Å². The van der Waals surface area contributed by atoms with Gasteiger partial charge >= 0.3 is 11.9 Å². The molecule has 0 radical (unpaired) electrons. The Labute approximate surface area is 157 Å². The number of carbonyl (C=O) groups excluding carboxylic acids is 1. The minimum atomic E-state index is -3.97. The van der Waals surface area contributed by atoms with Gasteiger partial charge in [-0.15, -0.1) is 0 Å². The van der Waals surface area contributed by atoms with Gasteiger partial charge in [0, 0.05) is 19.2 Å². The quantitative estimate of drug-likeness (QED) is 0.677. The average molecular weight is 392 g/mol. The van der Waals surface area contributed by atoms with Crippen molar-refractivity contribution in [2.24, 2.45) is 0 Å². The van der Waals surface area contributed by atoms with Crippen LogP contribution in [0.5, 0.6) is 0 Å². The van der Waals surface area contributed by atoms with Gasteiger partial charge in [0.1, 0.15) is 6.54 Å². The largest absolute Gasteiger partial charge is 0.478 e. The average Bonchev–Trinajstić information content (AvgIpc) is 2.65. The van der Waals surface area contributed by atoms with Crippen LogP contribution in [-0.2, 0) is 26.0 Å². The number of nitrogens with zero attached hydrogens (tertiary/aromatic N) is 2. The zero-order chi connectivity index (χ0) is 20.0. The van der Waals surface area contributed by atoms with Crippen molar-refractivity contribution >= 4 is 22.0 Å². The molecule has 2 aromatic rings. The fraction of sp³-hybridized carbons (Fsp3) is 0.278. The summed E-state index contributed by atoms with van der Waals surface area (Å²) in [6, 6.07) is 9.11. The zero-order valence-corrected chi connectivity index (χ0v) is 15.8. The second-order valence-corrected chi connectivity index (χ2v) is 7.72. The van der Waals surface area contributed by atoms with Gasteiger partial charge in [0.2, 0.25) is 10.0 Å². The van der Waals surface area contributed by atoms with Crippen LogP contribution in [0.2, 0.25) is 0 Å². The Morgan fingerprint density at radius 1 is 1.19 bits per heavy atom. The number of hydrogen-bond acceptors (Lipinski definition) is 6. The highest BCUT2D eigenvalue weighted by molar-refractivity contribution is 7.89. The highest BCUT2D eigenvalue weighted by Crippen LogP contribution is 2.18. The third-order valence-electron chi connectivity index (χ3n) is 3.91. The van der Waals surface area contributed by atoms with Crippen LogP contribution < -0.4 is 0 Å². The molecule has 1 heterocycles. The van der Waals surface area contributed by atoms with E-state index in [1.54, 1.807) is 12.1 Å². The molecule has 0 bridgehead atoms. The summed E-state index contributed by atoms with van der Waals surface area (Å²) in [6.45, 7) is 1.22. The maximum absolute atomic E-state index is 12.9. The number of aryl methyl sites for hydroxylation is 1. The normalized spacial score (nSPS) is 11.4. The van der Waals surface area contributed by atoms with Crippen LogP contribution >= 0.6 is 0 Å². The molecule has 1 aromatic carbocycles. The molecule has 0 unspecified atom stereocenters. The number of ether oxygens (including phenoxy) is 1. The minimum Gasteiger partial charge on any atom is -0.478 e. The van der Waals surface area contributed by atoms with Crippen molar-refractivity contribution < 1.29 is 27.9 Å². The fourth-order valence-electron chi connectivity index (χ4n) is 2.41. The number of carboxylic acids is 1. The Morgan fingerprint density at radius 2 is 1.85 bits per heavy atom. The number of aromatic carboxylic acids is 1. The molecule has 0 atom stereocenters. The van der Waals surface area contributed by atoms with E-state index < -0.39 is 28.5 Å². The predicted octanol–water partition coefficient (Wildman–Crippen LogP) is 1.49. The van der Waals surface area contributed by atoms with Gasteiger partial charge in [0.25, 0.3) is 0 Å². The summed E-state index contributed by atoms with van der Waals surface area (Å²) < 4.78 is 31.4. The molecule has 9 heteroatoms. The van der Waals surface area contributed by atoms with Gasteiger partial charge in [-0.25, -0.2) is 13.2 Å². The molecule has 0 amide bonds. The summed E-state index contributed by atoms with van der Waals surface area (Å²) in [4.78, 5) is 27.1. The molecule has 0 saturated heterocycles. The van der Waals surface area contributed by atoms with Gasteiger partial charge < -0.3 is 9.84 Å². The first-order valence-corrected chi connectivity index (χ1v) is 9.50. The van der Waals surface area contributed by atoms with E-state index in [2.05, 4.69) is 9.72 Å². The number of benzene rings is 1. The van der Waals surface area contributed by atoms with Crippen LogP contribution in [0.3, 0.4) is 0 Å². The molecule has 1 aromatic heterocycles. The number of carbonyl (C=O) groups is 2. The summed E-state index contributed by atoms with van der Waals surface area (Å²) in [7, 11) is -2.80. The van der Waals surface area contributed by atoms with E-state index in [1.807, 2.05) is 6.92 Å². The van der Waals surface area contributed by atoms with Crippen LogP contribution in [0.1, 0.15) is 21.6 Å². The van der Waals surface area contributed by atoms with Crippen LogP contribution in [0, 0.1) is 6.92 Å². The number of esters is 1. The Balaban J connectivity index is 2.31. The Morgan fingerprint density at radius 3 is 2.44 bits per heavy atom. The lowest BCUT2D eigenvalue weighted by molar-refractivity contribution is -0.140. The van der Waals surface area contributed by atoms with Gasteiger partial charge in [-0.2, -0.15) is 4.31 Å². The lowest BCUT2D eigenvalue weighted by Gasteiger charge is -2.21. The SMILES string of the molecule is COC(=O)CN(CCc1ncccc1C(=O)O)S(=O)(=O)c1ccc(C)cc1. The van der Waals surface area contributed by atoms with Crippen LogP contribution in [0.4, 0.5) is 0 Å². The van der Waals surface area contributed by atoms with Crippen molar-refractivity contribution in [3.05, 3.63) is 59.4 Å². The molecule has 0 saturated carbocycles. The van der Waals surface area contributed by atoms with Gasteiger partial charge in [-0.3, -0.25) is 9.78 Å². The monoisotopic (exact) mass is 392 g/mol. The summed E-state index contributed by atoms with van der Waals surface area (Å²) in [5, 5.41) is 9.23. The number of rotatable bonds is 8. The standard InChI is InChI=1S/C18H20N2O6S/c1-13-5-7-14(8-6-13)27(24,25)20(12-17(21)26-2)11-9-16-15(18(22)23)4-3-10-19-16/h3-8,10H,9,11-12H2,1-2H3,(H,22,23). The molecule has 0 fully saturated rings. The molecule has 1 N–H and O–H groups in total. The van der Waals surface area contributed by atoms with Crippen molar-refractivity contribution in [2.75, 3.05) is 20.2 Å². The molecule has 27 heavy (non-hydrogen) atoms. The van der Waals surface area contributed by atoms with Gasteiger partial charge in [0.15, 0.2) is 0 Å². The highest BCUT2D eigenvalue weighted by Gasteiger charge is 2.27. The number of aromatic nitrogens is 1. The van der Waals surface area contributed by atoms with Crippen molar-refractivity contribution in [3.63, 3.8) is 0 Å². The van der Waals surface area contributed by atoms with E-state index in [4.69, 9.17) is 0 Å². The summed E-state index contributed by atoms with van der Waals surface area (Å²) in [5.74, 6) is -1.87. The molecule has 0 aliphatic heterocycles. The lowest BCUT2D eigenvalue weighted by Crippen LogP contribution is -2.38. The van der Waals surface area contributed by atoms with Crippen LogP contribution in [-0.4, -0.2) is 55.0 Å². The molecule has 0 spiro atoms. The number of carboxylic acid groups (broad SMARTS) is 1. The first-order valence-electron chi connectivity index (χ1n) is 8.06. The number of sulfonamides is 1. The highest BCUT2D eigenvalue weighted by atomic mass is 32.2. The number of methoxy groups -OCH3 is 1. The topological polar surface area (TPSA) is 114 Å².